The van der Waals surface area contributed by atoms with Crippen molar-refractivity contribution in [2.75, 3.05) is 6.26 Å². The lowest BCUT2D eigenvalue weighted by Gasteiger charge is -2.19. The molecule has 2 unspecified atom stereocenters. The Hall–Kier alpha value is -0.870. The molecule has 1 aliphatic carbocycles. The molecule has 0 bridgehead atoms. The molecule has 88 valence electrons. The Kier molecular flexibility index (Phi) is 3.04. The summed E-state index contributed by atoms with van der Waals surface area (Å²) in [6, 6.07) is 7.55. The molecule has 0 aromatic heterocycles. The molecule has 4 heteroatoms. The van der Waals surface area contributed by atoms with E-state index < -0.39 is 21.2 Å². The second kappa shape index (κ2) is 4.18. The molecule has 0 radical (unpaired) electrons. The molecule has 0 spiro atoms. The van der Waals surface area contributed by atoms with Crippen molar-refractivity contribution in [3.63, 3.8) is 0 Å². The van der Waals surface area contributed by atoms with Crippen LogP contribution in [0.3, 0.4) is 0 Å². The third kappa shape index (κ3) is 2.13. The van der Waals surface area contributed by atoms with Gasteiger partial charge in [-0.3, -0.25) is 0 Å². The zero-order chi connectivity index (χ0) is 11.8. The fraction of sp³-hybridized carbons (Fsp3) is 0.500. The summed E-state index contributed by atoms with van der Waals surface area (Å²) in [5.74, 6) is 0. The van der Waals surface area contributed by atoms with Crippen LogP contribution < -0.4 is 0 Å². The largest absolute Gasteiger partial charge is 0.387 e. The summed E-state index contributed by atoms with van der Waals surface area (Å²) in [5.41, 5.74) is 1.84. The minimum Gasteiger partial charge on any atom is -0.387 e. The van der Waals surface area contributed by atoms with Gasteiger partial charge in [0.25, 0.3) is 0 Å². The number of aryl methyl sites for hydroxylation is 1. The molecule has 3 nitrogen and oxygen atoms in total. The van der Waals surface area contributed by atoms with Crippen molar-refractivity contribution >= 4 is 9.84 Å². The van der Waals surface area contributed by atoms with E-state index in [-0.39, 0.29) is 0 Å². The molecule has 2 atom stereocenters. The lowest BCUT2D eigenvalue weighted by molar-refractivity contribution is 0.169. The molecule has 1 aliphatic rings. The first kappa shape index (κ1) is 11.6. The van der Waals surface area contributed by atoms with Gasteiger partial charge in [-0.2, -0.15) is 0 Å². The van der Waals surface area contributed by atoms with Crippen LogP contribution in [0.15, 0.2) is 24.3 Å². The minimum absolute atomic E-state index is 0.536. The van der Waals surface area contributed by atoms with Crippen LogP contribution >= 0.6 is 0 Å². The second-order valence-electron chi connectivity index (χ2n) is 4.40. The topological polar surface area (TPSA) is 54.4 Å². The number of benzene rings is 1. The van der Waals surface area contributed by atoms with Crippen molar-refractivity contribution in [2.45, 2.75) is 30.6 Å². The molecule has 0 amide bonds. The van der Waals surface area contributed by atoms with E-state index in [4.69, 9.17) is 0 Å². The normalized spacial score (nSPS) is 25.9. The van der Waals surface area contributed by atoms with Gasteiger partial charge in [0.2, 0.25) is 0 Å². The van der Waals surface area contributed by atoms with Gasteiger partial charge in [-0.05, 0) is 30.4 Å². The van der Waals surface area contributed by atoms with E-state index in [2.05, 4.69) is 0 Å². The Bertz CT molecular complexity index is 479. The smallest absolute Gasteiger partial charge is 0.153 e. The van der Waals surface area contributed by atoms with E-state index in [1.54, 1.807) is 0 Å². The minimum atomic E-state index is -3.19. The van der Waals surface area contributed by atoms with Crippen LogP contribution in [0.25, 0.3) is 0 Å². The molecule has 1 N–H and O–H groups in total. The molecule has 0 saturated heterocycles. The van der Waals surface area contributed by atoms with E-state index in [0.717, 1.165) is 24.0 Å². The van der Waals surface area contributed by atoms with Crippen LogP contribution in [0.4, 0.5) is 0 Å². The van der Waals surface area contributed by atoms with Crippen molar-refractivity contribution in [3.8, 4) is 0 Å². The summed E-state index contributed by atoms with van der Waals surface area (Å²) in [7, 11) is -3.19. The van der Waals surface area contributed by atoms with Crippen molar-refractivity contribution < 1.29 is 13.5 Å². The first-order valence-electron chi connectivity index (χ1n) is 5.45. The van der Waals surface area contributed by atoms with Gasteiger partial charge in [0.15, 0.2) is 9.84 Å². The van der Waals surface area contributed by atoms with Crippen LogP contribution in [-0.2, 0) is 16.3 Å². The fourth-order valence-electron chi connectivity index (χ4n) is 2.35. The van der Waals surface area contributed by atoms with Gasteiger partial charge in [0, 0.05) is 6.26 Å². The lowest BCUT2D eigenvalue weighted by atomic mass is 10.0. The zero-order valence-electron chi connectivity index (χ0n) is 9.26. The first-order chi connectivity index (χ1) is 7.50. The van der Waals surface area contributed by atoms with Gasteiger partial charge in [-0.1, -0.05) is 24.3 Å². The summed E-state index contributed by atoms with van der Waals surface area (Å²) in [5, 5.41) is 9.50. The highest BCUT2D eigenvalue weighted by atomic mass is 32.2. The molecule has 0 saturated carbocycles. The van der Waals surface area contributed by atoms with Crippen molar-refractivity contribution in [3.05, 3.63) is 35.4 Å². The summed E-state index contributed by atoms with van der Waals surface area (Å²) in [4.78, 5) is 0. The van der Waals surface area contributed by atoms with E-state index in [9.17, 15) is 13.5 Å². The molecule has 0 aliphatic heterocycles. The summed E-state index contributed by atoms with van der Waals surface area (Å²) >= 11 is 0. The van der Waals surface area contributed by atoms with Crippen molar-refractivity contribution in [2.24, 2.45) is 0 Å². The number of aliphatic hydroxyl groups excluding tert-OH is 1. The Balaban J connectivity index is 2.45. The molecule has 2 rings (SSSR count). The Morgan fingerprint density at radius 3 is 2.69 bits per heavy atom. The predicted molar refractivity (Wildman–Crippen MR) is 63.0 cm³/mol. The van der Waals surface area contributed by atoms with E-state index in [1.165, 1.54) is 6.26 Å². The van der Waals surface area contributed by atoms with E-state index >= 15 is 0 Å². The molecule has 1 aromatic rings. The average Bonchev–Trinajstić information content (AvgIpc) is 2.38. The van der Waals surface area contributed by atoms with Crippen molar-refractivity contribution in [1.29, 1.82) is 0 Å². The van der Waals surface area contributed by atoms with E-state index in [1.807, 2.05) is 24.3 Å². The molecule has 0 heterocycles. The highest BCUT2D eigenvalue weighted by Crippen LogP contribution is 2.32. The standard InChI is InChI=1S/C12H16O3S/c1-16(14,15)11-8-4-6-9-5-2-3-7-10(9)12(11)13/h2-3,5,7,11-13H,4,6,8H2,1H3. The molecule has 16 heavy (non-hydrogen) atoms. The Labute approximate surface area is 96.0 Å². The molecule has 1 aromatic carbocycles. The van der Waals surface area contributed by atoms with Crippen LogP contribution in [0, 0.1) is 0 Å². The van der Waals surface area contributed by atoms with Crippen LogP contribution in [0.1, 0.15) is 30.1 Å². The Morgan fingerprint density at radius 2 is 2.00 bits per heavy atom. The third-order valence-electron chi connectivity index (χ3n) is 3.21. The van der Waals surface area contributed by atoms with Gasteiger partial charge < -0.3 is 5.11 Å². The number of hydrogen-bond acceptors (Lipinski definition) is 3. The maximum Gasteiger partial charge on any atom is 0.153 e. The SMILES string of the molecule is CS(=O)(=O)C1CCCc2ccccc2C1O. The zero-order valence-corrected chi connectivity index (χ0v) is 10.1. The maximum absolute atomic E-state index is 11.6. The van der Waals surface area contributed by atoms with Gasteiger partial charge in [0.05, 0.1) is 11.4 Å². The average molecular weight is 240 g/mol. The van der Waals surface area contributed by atoms with Crippen LogP contribution in [0.5, 0.6) is 0 Å². The molecular formula is C12H16O3S. The summed E-state index contributed by atoms with van der Waals surface area (Å²) in [6.07, 6.45) is 2.52. The number of hydrogen-bond donors (Lipinski definition) is 1. The first-order valence-corrected chi connectivity index (χ1v) is 7.40. The summed E-state index contributed by atoms with van der Waals surface area (Å²) < 4.78 is 23.2. The Morgan fingerprint density at radius 1 is 1.31 bits per heavy atom. The number of rotatable bonds is 1. The van der Waals surface area contributed by atoms with Gasteiger partial charge in [-0.25, -0.2) is 8.42 Å². The number of sulfone groups is 1. The monoisotopic (exact) mass is 240 g/mol. The predicted octanol–water partition coefficient (Wildman–Crippen LogP) is 1.47. The summed E-state index contributed by atoms with van der Waals surface area (Å²) in [6.45, 7) is 0. The lowest BCUT2D eigenvalue weighted by Crippen LogP contribution is -2.26. The van der Waals surface area contributed by atoms with Crippen LogP contribution in [-0.4, -0.2) is 25.0 Å². The molecule has 0 fully saturated rings. The highest BCUT2D eigenvalue weighted by Gasteiger charge is 2.32. The number of aliphatic hydroxyl groups is 1. The third-order valence-corrected chi connectivity index (χ3v) is 4.80. The van der Waals surface area contributed by atoms with Crippen LogP contribution in [0.2, 0.25) is 0 Å². The number of fused-ring (bicyclic) bond motifs is 1. The van der Waals surface area contributed by atoms with Gasteiger partial charge in [-0.15, -0.1) is 0 Å². The highest BCUT2D eigenvalue weighted by molar-refractivity contribution is 7.91. The molecular weight excluding hydrogens is 224 g/mol. The van der Waals surface area contributed by atoms with Crippen molar-refractivity contribution in [1.82, 2.24) is 0 Å². The van der Waals surface area contributed by atoms with Gasteiger partial charge in [0.1, 0.15) is 0 Å². The quantitative estimate of drug-likeness (QED) is 0.756. The maximum atomic E-state index is 11.6. The second-order valence-corrected chi connectivity index (χ2v) is 6.67. The van der Waals surface area contributed by atoms with Gasteiger partial charge >= 0.3 is 0 Å². The fourth-order valence-corrected chi connectivity index (χ4v) is 3.56. The van der Waals surface area contributed by atoms with E-state index in [0.29, 0.717) is 6.42 Å².